The first kappa shape index (κ1) is 18.2. The summed E-state index contributed by atoms with van der Waals surface area (Å²) in [4.78, 5) is 32.0. The van der Waals surface area contributed by atoms with Crippen molar-refractivity contribution >= 4 is 11.8 Å². The van der Waals surface area contributed by atoms with E-state index in [4.69, 9.17) is 0 Å². The van der Waals surface area contributed by atoms with Crippen LogP contribution in [-0.2, 0) is 0 Å². The zero-order valence-electron chi connectivity index (χ0n) is 14.4. The molecule has 2 N–H and O–H groups in total. The van der Waals surface area contributed by atoms with Crippen LogP contribution in [0.3, 0.4) is 0 Å². The molecule has 0 radical (unpaired) electrons. The van der Waals surface area contributed by atoms with Gasteiger partial charge in [0.15, 0.2) is 0 Å². The molecule has 0 saturated carbocycles. The molecule has 7 heteroatoms. The van der Waals surface area contributed by atoms with Crippen LogP contribution in [0.25, 0.3) is 11.1 Å². The Balaban J connectivity index is 1.46. The Morgan fingerprint density at radius 3 is 1.74 bits per heavy atom. The predicted octanol–water partition coefficient (Wildman–Crippen LogP) is 2.44. The van der Waals surface area contributed by atoms with Gasteiger partial charge in [0.2, 0.25) is 0 Å². The summed E-state index contributed by atoms with van der Waals surface area (Å²) in [5, 5.41) is 5.40. The van der Waals surface area contributed by atoms with Crippen molar-refractivity contribution in [1.29, 1.82) is 0 Å². The maximum atomic E-state index is 12.8. The standard InChI is InChI=1S/C20H17FN4O2/c21-18-7-5-16(6-8-18)20(27)25-10-9-24-19(26)15-3-1-14(2-4-15)17-11-22-13-23-12-17/h1-8,11-13H,9-10H2,(H,24,26)(H,25,27). The molecule has 0 aliphatic rings. The first-order valence-corrected chi connectivity index (χ1v) is 8.31. The summed E-state index contributed by atoms with van der Waals surface area (Å²) >= 11 is 0. The van der Waals surface area contributed by atoms with E-state index in [0.717, 1.165) is 11.1 Å². The van der Waals surface area contributed by atoms with Crippen molar-refractivity contribution in [2.75, 3.05) is 13.1 Å². The van der Waals surface area contributed by atoms with E-state index in [1.165, 1.54) is 30.6 Å². The lowest BCUT2D eigenvalue weighted by Gasteiger charge is -2.08. The van der Waals surface area contributed by atoms with Crippen LogP contribution >= 0.6 is 0 Å². The Labute approximate surface area is 155 Å². The number of halogens is 1. The summed E-state index contributed by atoms with van der Waals surface area (Å²) in [6, 6.07) is 12.3. The molecule has 0 unspecified atom stereocenters. The highest BCUT2D eigenvalue weighted by Crippen LogP contribution is 2.17. The van der Waals surface area contributed by atoms with E-state index in [0.29, 0.717) is 11.1 Å². The van der Waals surface area contributed by atoms with E-state index < -0.39 is 5.82 Å². The molecule has 1 heterocycles. The van der Waals surface area contributed by atoms with Gasteiger partial charge in [-0.1, -0.05) is 12.1 Å². The Morgan fingerprint density at radius 1 is 0.741 bits per heavy atom. The Morgan fingerprint density at radius 2 is 1.22 bits per heavy atom. The first-order chi connectivity index (χ1) is 13.1. The first-order valence-electron chi connectivity index (χ1n) is 8.31. The molecule has 136 valence electrons. The molecule has 27 heavy (non-hydrogen) atoms. The van der Waals surface area contributed by atoms with Crippen LogP contribution in [0, 0.1) is 5.82 Å². The average Bonchev–Trinajstić information content (AvgIpc) is 2.72. The molecule has 0 fully saturated rings. The number of nitrogens with one attached hydrogen (secondary N) is 2. The average molecular weight is 364 g/mol. The lowest BCUT2D eigenvalue weighted by molar-refractivity contribution is 0.0927. The van der Waals surface area contributed by atoms with Crippen molar-refractivity contribution < 1.29 is 14.0 Å². The maximum absolute atomic E-state index is 12.8. The molecule has 0 saturated heterocycles. The topological polar surface area (TPSA) is 84.0 Å². The molecule has 2 amide bonds. The third-order valence-corrected chi connectivity index (χ3v) is 3.84. The van der Waals surface area contributed by atoms with Crippen LogP contribution in [0.4, 0.5) is 4.39 Å². The fourth-order valence-corrected chi connectivity index (χ4v) is 2.42. The molecule has 1 aromatic heterocycles. The van der Waals surface area contributed by atoms with E-state index in [9.17, 15) is 14.0 Å². The molecule has 0 atom stereocenters. The second kappa shape index (κ2) is 8.66. The van der Waals surface area contributed by atoms with Crippen molar-refractivity contribution in [3.8, 4) is 11.1 Å². The Bertz CT molecular complexity index is 913. The van der Waals surface area contributed by atoms with Gasteiger partial charge in [0.1, 0.15) is 12.1 Å². The van der Waals surface area contributed by atoms with Crippen LogP contribution in [0.1, 0.15) is 20.7 Å². The predicted molar refractivity (Wildman–Crippen MR) is 98.5 cm³/mol. The number of benzene rings is 2. The molecular weight excluding hydrogens is 347 g/mol. The smallest absolute Gasteiger partial charge is 0.251 e. The summed E-state index contributed by atoms with van der Waals surface area (Å²) in [6.07, 6.45) is 4.86. The van der Waals surface area contributed by atoms with E-state index >= 15 is 0 Å². The summed E-state index contributed by atoms with van der Waals surface area (Å²) in [6.45, 7) is 0.543. The number of hydrogen-bond acceptors (Lipinski definition) is 4. The van der Waals surface area contributed by atoms with E-state index in [2.05, 4.69) is 20.6 Å². The molecule has 0 bridgehead atoms. The molecule has 2 aromatic carbocycles. The SMILES string of the molecule is O=C(NCCNC(=O)c1ccc(-c2cncnc2)cc1)c1ccc(F)cc1. The highest BCUT2D eigenvalue weighted by Gasteiger charge is 2.07. The maximum Gasteiger partial charge on any atom is 0.251 e. The van der Waals surface area contributed by atoms with Crippen LogP contribution in [-0.4, -0.2) is 34.9 Å². The van der Waals surface area contributed by atoms with Gasteiger partial charge in [0, 0.05) is 42.2 Å². The third-order valence-electron chi connectivity index (χ3n) is 3.84. The van der Waals surface area contributed by atoms with Crippen molar-refractivity contribution in [2.24, 2.45) is 0 Å². The number of amides is 2. The Hall–Kier alpha value is -3.61. The lowest BCUT2D eigenvalue weighted by Crippen LogP contribution is -2.34. The molecule has 0 spiro atoms. The number of nitrogens with zero attached hydrogens (tertiary/aromatic N) is 2. The van der Waals surface area contributed by atoms with E-state index in [1.807, 2.05) is 12.1 Å². The molecule has 3 rings (SSSR count). The van der Waals surface area contributed by atoms with Crippen LogP contribution in [0.2, 0.25) is 0 Å². The largest absolute Gasteiger partial charge is 0.350 e. The quantitative estimate of drug-likeness (QED) is 0.658. The monoisotopic (exact) mass is 364 g/mol. The molecule has 0 aliphatic carbocycles. The second-order valence-electron chi connectivity index (χ2n) is 5.72. The minimum atomic E-state index is -0.398. The second-order valence-corrected chi connectivity index (χ2v) is 5.72. The number of aromatic nitrogens is 2. The van der Waals surface area contributed by atoms with Crippen LogP contribution in [0.15, 0.2) is 67.3 Å². The lowest BCUT2D eigenvalue weighted by atomic mass is 10.1. The molecular formula is C20H17FN4O2. The molecule has 0 aliphatic heterocycles. The number of carbonyl (C=O) groups is 2. The van der Waals surface area contributed by atoms with Crippen LogP contribution in [0.5, 0.6) is 0 Å². The van der Waals surface area contributed by atoms with Gasteiger partial charge < -0.3 is 10.6 Å². The Kier molecular flexibility index (Phi) is 5.84. The number of rotatable bonds is 6. The number of hydrogen-bond donors (Lipinski definition) is 2. The minimum Gasteiger partial charge on any atom is -0.350 e. The van der Waals surface area contributed by atoms with Crippen molar-refractivity contribution in [1.82, 2.24) is 20.6 Å². The van der Waals surface area contributed by atoms with Gasteiger partial charge in [0.25, 0.3) is 11.8 Å². The fraction of sp³-hybridized carbons (Fsp3) is 0.100. The van der Waals surface area contributed by atoms with Gasteiger partial charge in [-0.3, -0.25) is 9.59 Å². The van der Waals surface area contributed by atoms with E-state index in [-0.39, 0.29) is 24.9 Å². The highest BCUT2D eigenvalue weighted by molar-refractivity contribution is 5.95. The van der Waals surface area contributed by atoms with Crippen molar-refractivity contribution in [3.63, 3.8) is 0 Å². The van der Waals surface area contributed by atoms with Gasteiger partial charge in [0.05, 0.1) is 0 Å². The zero-order valence-corrected chi connectivity index (χ0v) is 14.4. The minimum absolute atomic E-state index is 0.234. The normalized spacial score (nSPS) is 10.3. The third kappa shape index (κ3) is 4.94. The summed E-state index contributed by atoms with van der Waals surface area (Å²) < 4.78 is 12.8. The van der Waals surface area contributed by atoms with Gasteiger partial charge in [-0.05, 0) is 42.0 Å². The fourth-order valence-electron chi connectivity index (χ4n) is 2.42. The van der Waals surface area contributed by atoms with Crippen molar-refractivity contribution in [2.45, 2.75) is 0 Å². The summed E-state index contributed by atoms with van der Waals surface area (Å²) in [5.41, 5.74) is 2.66. The van der Waals surface area contributed by atoms with E-state index in [1.54, 1.807) is 24.5 Å². The van der Waals surface area contributed by atoms with Crippen LogP contribution < -0.4 is 10.6 Å². The van der Waals surface area contributed by atoms with Gasteiger partial charge in [-0.2, -0.15) is 0 Å². The summed E-state index contributed by atoms with van der Waals surface area (Å²) in [5.74, 6) is -0.954. The molecule has 6 nitrogen and oxygen atoms in total. The zero-order chi connectivity index (χ0) is 19.1. The highest BCUT2D eigenvalue weighted by atomic mass is 19.1. The molecule has 3 aromatic rings. The van der Waals surface area contributed by atoms with Gasteiger partial charge in [-0.25, -0.2) is 14.4 Å². The number of carbonyl (C=O) groups excluding carboxylic acids is 2. The van der Waals surface area contributed by atoms with Crippen molar-refractivity contribution in [3.05, 3.63) is 84.2 Å². The summed E-state index contributed by atoms with van der Waals surface area (Å²) in [7, 11) is 0. The van der Waals surface area contributed by atoms with Gasteiger partial charge >= 0.3 is 0 Å². The van der Waals surface area contributed by atoms with Gasteiger partial charge in [-0.15, -0.1) is 0 Å².